The van der Waals surface area contributed by atoms with Gasteiger partial charge in [-0.2, -0.15) is 13.2 Å². The SMILES string of the molecule is O=C(NC(=S)Nc1cc(C(F)(F)F)ccc1Cl)c1ccco1. The average Bonchev–Trinajstić information content (AvgIpc) is 2.94. The van der Waals surface area contributed by atoms with E-state index in [-0.39, 0.29) is 21.6 Å². The number of amides is 1. The highest BCUT2D eigenvalue weighted by molar-refractivity contribution is 7.80. The molecule has 0 atom stereocenters. The van der Waals surface area contributed by atoms with Crippen molar-refractivity contribution in [2.24, 2.45) is 0 Å². The summed E-state index contributed by atoms with van der Waals surface area (Å²) in [7, 11) is 0. The lowest BCUT2D eigenvalue weighted by Crippen LogP contribution is -2.34. The number of carbonyl (C=O) groups excluding carboxylic acids is 1. The number of benzene rings is 1. The minimum absolute atomic E-state index is 0.0132. The van der Waals surface area contributed by atoms with E-state index in [0.29, 0.717) is 0 Å². The Morgan fingerprint density at radius 1 is 1.27 bits per heavy atom. The molecule has 0 saturated heterocycles. The minimum atomic E-state index is -4.51. The Morgan fingerprint density at radius 2 is 2.00 bits per heavy atom. The topological polar surface area (TPSA) is 54.3 Å². The number of hydrogen-bond donors (Lipinski definition) is 2. The Hall–Kier alpha value is -2.06. The van der Waals surface area contributed by atoms with E-state index in [1.807, 2.05) is 0 Å². The van der Waals surface area contributed by atoms with Crippen LogP contribution in [0, 0.1) is 0 Å². The van der Waals surface area contributed by atoms with Crippen LogP contribution in [0.3, 0.4) is 0 Å². The number of hydrogen-bond acceptors (Lipinski definition) is 3. The van der Waals surface area contributed by atoms with E-state index in [9.17, 15) is 18.0 Å². The second-order valence-electron chi connectivity index (χ2n) is 4.08. The van der Waals surface area contributed by atoms with Crippen LogP contribution in [0.1, 0.15) is 16.1 Å². The van der Waals surface area contributed by atoms with Crippen LogP contribution in [0.2, 0.25) is 5.02 Å². The largest absolute Gasteiger partial charge is 0.459 e. The first-order valence-corrected chi connectivity index (χ1v) is 6.58. The third kappa shape index (κ3) is 3.99. The third-order valence-corrected chi connectivity index (χ3v) is 3.05. The molecule has 0 saturated carbocycles. The van der Waals surface area contributed by atoms with Crippen LogP contribution in [0.4, 0.5) is 18.9 Å². The molecular weight excluding hydrogens is 341 g/mol. The molecule has 0 bridgehead atoms. The van der Waals surface area contributed by atoms with Crippen molar-refractivity contribution in [3.05, 3.63) is 52.9 Å². The van der Waals surface area contributed by atoms with Crippen molar-refractivity contribution >= 4 is 40.5 Å². The second kappa shape index (κ2) is 6.37. The highest BCUT2D eigenvalue weighted by Gasteiger charge is 2.31. The lowest BCUT2D eigenvalue weighted by Gasteiger charge is -2.13. The molecule has 1 aromatic carbocycles. The number of carbonyl (C=O) groups is 1. The zero-order valence-electron chi connectivity index (χ0n) is 10.7. The fourth-order valence-electron chi connectivity index (χ4n) is 1.52. The van der Waals surface area contributed by atoms with Crippen LogP contribution >= 0.6 is 23.8 Å². The maximum absolute atomic E-state index is 12.6. The molecule has 4 nitrogen and oxygen atoms in total. The first-order chi connectivity index (χ1) is 10.3. The molecule has 22 heavy (non-hydrogen) atoms. The zero-order valence-corrected chi connectivity index (χ0v) is 12.3. The standard InChI is InChI=1S/C13H8ClF3N2O2S/c14-8-4-3-7(13(15,16)17)6-9(8)18-12(22)19-11(20)10-2-1-5-21-10/h1-6H,(H2,18,19,20,22). The molecule has 9 heteroatoms. The molecule has 0 unspecified atom stereocenters. The van der Waals surface area contributed by atoms with E-state index >= 15 is 0 Å². The molecule has 0 spiro atoms. The quantitative estimate of drug-likeness (QED) is 0.803. The molecule has 1 amide bonds. The summed E-state index contributed by atoms with van der Waals surface area (Å²) in [6.07, 6.45) is -3.21. The van der Waals surface area contributed by atoms with Crippen LogP contribution in [-0.4, -0.2) is 11.0 Å². The highest BCUT2D eigenvalue weighted by Crippen LogP contribution is 2.33. The van der Waals surface area contributed by atoms with Crippen molar-refractivity contribution in [3.63, 3.8) is 0 Å². The van der Waals surface area contributed by atoms with Gasteiger partial charge in [0.2, 0.25) is 0 Å². The molecule has 1 aromatic heterocycles. The van der Waals surface area contributed by atoms with Gasteiger partial charge in [-0.25, -0.2) is 0 Å². The van der Waals surface area contributed by atoms with Crippen LogP contribution in [-0.2, 0) is 6.18 Å². The number of alkyl halides is 3. The first kappa shape index (κ1) is 16.3. The van der Waals surface area contributed by atoms with E-state index in [1.54, 1.807) is 0 Å². The Kier molecular flexibility index (Phi) is 4.72. The smallest absolute Gasteiger partial charge is 0.416 e. The maximum Gasteiger partial charge on any atom is 0.416 e. The Labute approximate surface area is 133 Å². The first-order valence-electron chi connectivity index (χ1n) is 5.80. The number of nitrogens with one attached hydrogen (secondary N) is 2. The van der Waals surface area contributed by atoms with Gasteiger partial charge >= 0.3 is 6.18 Å². The summed E-state index contributed by atoms with van der Waals surface area (Å²) in [4.78, 5) is 11.7. The summed E-state index contributed by atoms with van der Waals surface area (Å²) in [6, 6.07) is 5.65. The summed E-state index contributed by atoms with van der Waals surface area (Å²) in [5.41, 5.74) is -0.958. The molecule has 0 aliphatic heterocycles. The van der Waals surface area contributed by atoms with Gasteiger partial charge in [-0.05, 0) is 42.5 Å². The van der Waals surface area contributed by atoms with Gasteiger partial charge in [-0.1, -0.05) is 11.6 Å². The van der Waals surface area contributed by atoms with E-state index in [4.69, 9.17) is 28.2 Å². The average molecular weight is 349 g/mol. The predicted octanol–water partition coefficient (Wildman–Crippen LogP) is 4.08. The van der Waals surface area contributed by atoms with E-state index in [0.717, 1.165) is 18.2 Å². The van der Waals surface area contributed by atoms with Crippen LogP contribution in [0.15, 0.2) is 41.0 Å². The Bertz CT molecular complexity index is 702. The molecule has 1 heterocycles. The van der Waals surface area contributed by atoms with Crippen LogP contribution in [0.5, 0.6) is 0 Å². The van der Waals surface area contributed by atoms with Gasteiger partial charge in [0.05, 0.1) is 22.5 Å². The number of anilines is 1. The molecular formula is C13H8ClF3N2O2S. The molecule has 0 aliphatic carbocycles. The summed E-state index contributed by atoms with van der Waals surface area (Å²) in [5.74, 6) is -0.620. The molecule has 0 radical (unpaired) electrons. The number of thiocarbonyl (C=S) groups is 1. The molecule has 2 N–H and O–H groups in total. The lowest BCUT2D eigenvalue weighted by atomic mass is 10.2. The van der Waals surface area contributed by atoms with Crippen molar-refractivity contribution in [2.75, 3.05) is 5.32 Å². The third-order valence-electron chi connectivity index (χ3n) is 2.51. The van der Waals surface area contributed by atoms with Crippen LogP contribution < -0.4 is 10.6 Å². The van der Waals surface area contributed by atoms with Crippen LogP contribution in [0.25, 0.3) is 0 Å². The van der Waals surface area contributed by atoms with Crippen molar-refractivity contribution in [3.8, 4) is 0 Å². The van der Waals surface area contributed by atoms with Gasteiger partial charge in [0.25, 0.3) is 5.91 Å². The lowest BCUT2D eigenvalue weighted by molar-refractivity contribution is -0.137. The summed E-state index contributed by atoms with van der Waals surface area (Å²) < 4.78 is 42.8. The van der Waals surface area contributed by atoms with E-state index < -0.39 is 17.6 Å². The summed E-state index contributed by atoms with van der Waals surface area (Å²) >= 11 is 10.7. The molecule has 2 rings (SSSR count). The summed E-state index contributed by atoms with van der Waals surface area (Å²) in [6.45, 7) is 0. The van der Waals surface area contributed by atoms with E-state index in [1.165, 1.54) is 18.4 Å². The molecule has 116 valence electrons. The number of furan rings is 1. The minimum Gasteiger partial charge on any atom is -0.459 e. The molecule has 0 fully saturated rings. The van der Waals surface area contributed by atoms with Gasteiger partial charge in [0.1, 0.15) is 0 Å². The molecule has 2 aromatic rings. The predicted molar refractivity (Wildman–Crippen MR) is 78.8 cm³/mol. The van der Waals surface area contributed by atoms with Gasteiger partial charge in [0, 0.05) is 0 Å². The van der Waals surface area contributed by atoms with Crippen molar-refractivity contribution < 1.29 is 22.4 Å². The Morgan fingerprint density at radius 3 is 2.59 bits per heavy atom. The number of rotatable bonds is 2. The molecule has 0 aliphatic rings. The second-order valence-corrected chi connectivity index (χ2v) is 4.89. The normalized spacial score (nSPS) is 11.1. The number of halogens is 4. The maximum atomic E-state index is 12.6. The summed E-state index contributed by atoms with van der Waals surface area (Å²) in [5, 5.41) is 4.53. The van der Waals surface area contributed by atoms with E-state index in [2.05, 4.69) is 10.6 Å². The fraction of sp³-hybridized carbons (Fsp3) is 0.0769. The Balaban J connectivity index is 2.10. The van der Waals surface area contributed by atoms with Crippen molar-refractivity contribution in [2.45, 2.75) is 6.18 Å². The van der Waals surface area contributed by atoms with Gasteiger partial charge in [0.15, 0.2) is 10.9 Å². The van der Waals surface area contributed by atoms with Gasteiger partial charge < -0.3 is 9.73 Å². The van der Waals surface area contributed by atoms with Gasteiger partial charge in [-0.3, -0.25) is 10.1 Å². The van der Waals surface area contributed by atoms with Crippen molar-refractivity contribution in [1.29, 1.82) is 0 Å². The fourth-order valence-corrected chi connectivity index (χ4v) is 1.89. The zero-order chi connectivity index (χ0) is 16.3. The van der Waals surface area contributed by atoms with Crippen molar-refractivity contribution in [1.82, 2.24) is 5.32 Å². The van der Waals surface area contributed by atoms with Gasteiger partial charge in [-0.15, -0.1) is 0 Å². The highest BCUT2D eigenvalue weighted by atomic mass is 35.5. The monoisotopic (exact) mass is 348 g/mol.